The number of hydrogen-bond acceptors (Lipinski definition) is 4. The number of likely N-dealkylation sites (N-methyl/N-ethyl adjacent to an activating group) is 1. The van der Waals surface area contributed by atoms with Crippen LogP contribution in [-0.2, 0) is 14.3 Å². The third kappa shape index (κ3) is 6.00. The van der Waals surface area contributed by atoms with E-state index in [1.807, 2.05) is 45.2 Å². The van der Waals surface area contributed by atoms with E-state index in [-0.39, 0.29) is 24.4 Å². The number of benzene rings is 1. The van der Waals surface area contributed by atoms with Gasteiger partial charge in [0.05, 0.1) is 20.3 Å². The van der Waals surface area contributed by atoms with Crippen LogP contribution in [0.3, 0.4) is 0 Å². The molecule has 1 saturated heterocycles. The molecule has 7 heteroatoms. The number of rotatable bonds is 8. The zero-order valence-corrected chi connectivity index (χ0v) is 16.0. The van der Waals surface area contributed by atoms with Crippen LogP contribution >= 0.6 is 0 Å². The van der Waals surface area contributed by atoms with Gasteiger partial charge in [0.15, 0.2) is 12.6 Å². The number of carbonyl (C=O) groups excluding carboxylic acids is 2. The maximum Gasteiger partial charge on any atom is 0.282 e. The highest BCUT2D eigenvalue weighted by atomic mass is 16.5. The minimum Gasteiger partial charge on any atom is -0.378 e. The maximum absolute atomic E-state index is 12.4. The van der Waals surface area contributed by atoms with E-state index in [1.54, 1.807) is 0 Å². The molecule has 1 unspecified atom stereocenters. The van der Waals surface area contributed by atoms with Crippen LogP contribution in [0, 0.1) is 0 Å². The molecule has 2 rings (SSSR count). The number of morpholine rings is 1. The number of nitrogens with zero attached hydrogens (tertiary/aromatic N) is 1. The van der Waals surface area contributed by atoms with E-state index in [2.05, 4.69) is 15.5 Å². The Morgan fingerprint density at radius 3 is 2.50 bits per heavy atom. The van der Waals surface area contributed by atoms with Crippen LogP contribution in [0.1, 0.15) is 20.3 Å². The lowest BCUT2D eigenvalue weighted by Crippen LogP contribution is -3.15. The number of hydrogen-bond donors (Lipinski definition) is 3. The number of ether oxygens (including phenoxy) is 1. The van der Waals surface area contributed by atoms with Crippen molar-refractivity contribution in [2.75, 3.05) is 56.7 Å². The zero-order valence-electron chi connectivity index (χ0n) is 16.0. The summed E-state index contributed by atoms with van der Waals surface area (Å²) >= 11 is 0. The Balaban J connectivity index is 1.84. The van der Waals surface area contributed by atoms with Crippen molar-refractivity contribution in [3.05, 3.63) is 24.3 Å². The second kappa shape index (κ2) is 10.1. The molecule has 2 atom stereocenters. The van der Waals surface area contributed by atoms with Gasteiger partial charge in [-0.25, -0.2) is 0 Å². The van der Waals surface area contributed by atoms with Gasteiger partial charge < -0.3 is 25.2 Å². The van der Waals surface area contributed by atoms with Crippen LogP contribution in [0.25, 0.3) is 0 Å². The molecule has 2 amide bonds. The van der Waals surface area contributed by atoms with E-state index in [0.29, 0.717) is 6.54 Å². The van der Waals surface area contributed by atoms with Crippen molar-refractivity contribution in [2.45, 2.75) is 26.3 Å². The third-order valence-corrected chi connectivity index (χ3v) is 4.66. The third-order valence-electron chi connectivity index (χ3n) is 4.66. The standard InChI is InChI=1S/C19H30N4O3/c1-4-9-20-18(24)14-22(3)15(2)19(25)21-16-5-7-17(8-6-16)23-10-12-26-13-11-23/h5-8,15H,4,9-14H2,1-3H3,(H,20,24)(H,21,25)/p+1/t15-/m1/s1. The van der Waals surface area contributed by atoms with E-state index in [0.717, 1.165) is 49.0 Å². The minimum absolute atomic E-state index is 0.0288. The normalized spacial score (nSPS) is 16.7. The summed E-state index contributed by atoms with van der Waals surface area (Å²) in [5.41, 5.74) is 1.90. The molecule has 3 N–H and O–H groups in total. The first-order valence-corrected chi connectivity index (χ1v) is 9.34. The Labute approximate surface area is 155 Å². The molecule has 0 bridgehead atoms. The summed E-state index contributed by atoms with van der Waals surface area (Å²) < 4.78 is 5.37. The zero-order chi connectivity index (χ0) is 18.9. The first-order chi connectivity index (χ1) is 12.5. The molecule has 0 aromatic heterocycles. The average Bonchev–Trinajstić information content (AvgIpc) is 2.67. The lowest BCUT2D eigenvalue weighted by molar-refractivity contribution is -0.885. The Bertz CT molecular complexity index is 585. The fraction of sp³-hybridized carbons (Fsp3) is 0.579. The van der Waals surface area contributed by atoms with Crippen molar-refractivity contribution in [3.8, 4) is 0 Å². The highest BCUT2D eigenvalue weighted by molar-refractivity contribution is 5.93. The molecular weight excluding hydrogens is 332 g/mol. The largest absolute Gasteiger partial charge is 0.378 e. The summed E-state index contributed by atoms with van der Waals surface area (Å²) in [4.78, 5) is 27.4. The van der Waals surface area contributed by atoms with E-state index < -0.39 is 0 Å². The fourth-order valence-electron chi connectivity index (χ4n) is 2.78. The molecule has 1 heterocycles. The lowest BCUT2D eigenvalue weighted by atomic mass is 10.2. The van der Waals surface area contributed by atoms with Crippen molar-refractivity contribution in [3.63, 3.8) is 0 Å². The minimum atomic E-state index is -0.318. The lowest BCUT2D eigenvalue weighted by Gasteiger charge is -2.29. The first kappa shape index (κ1) is 20.2. The monoisotopic (exact) mass is 363 g/mol. The molecule has 1 aromatic rings. The smallest absolute Gasteiger partial charge is 0.282 e. The summed E-state index contributed by atoms with van der Waals surface area (Å²) in [6.07, 6.45) is 0.904. The summed E-state index contributed by atoms with van der Waals surface area (Å²) in [5.74, 6) is -0.122. The quantitative estimate of drug-likeness (QED) is 0.603. The van der Waals surface area contributed by atoms with E-state index >= 15 is 0 Å². The van der Waals surface area contributed by atoms with Gasteiger partial charge in [-0.1, -0.05) is 6.92 Å². The maximum atomic E-state index is 12.4. The average molecular weight is 363 g/mol. The number of quaternary nitrogens is 1. The molecular formula is C19H31N4O3+. The Morgan fingerprint density at radius 2 is 1.88 bits per heavy atom. The van der Waals surface area contributed by atoms with Gasteiger partial charge in [0.25, 0.3) is 11.8 Å². The van der Waals surface area contributed by atoms with Gasteiger partial charge in [0, 0.05) is 31.0 Å². The summed E-state index contributed by atoms with van der Waals surface area (Å²) in [6.45, 7) is 8.06. The second-order valence-corrected chi connectivity index (χ2v) is 6.73. The predicted molar refractivity (Wildman–Crippen MR) is 103 cm³/mol. The van der Waals surface area contributed by atoms with Crippen molar-refractivity contribution >= 4 is 23.2 Å². The number of amides is 2. The van der Waals surface area contributed by atoms with Crippen LogP contribution in [0.5, 0.6) is 0 Å². The van der Waals surface area contributed by atoms with Gasteiger partial charge in [-0.15, -0.1) is 0 Å². The highest BCUT2D eigenvalue weighted by Gasteiger charge is 2.24. The predicted octanol–water partition coefficient (Wildman–Crippen LogP) is -0.109. The SMILES string of the molecule is CCCNC(=O)C[NH+](C)[C@H](C)C(=O)Nc1ccc(N2CCOCC2)cc1. The van der Waals surface area contributed by atoms with Crippen molar-refractivity contribution in [1.82, 2.24) is 5.32 Å². The molecule has 0 saturated carbocycles. The van der Waals surface area contributed by atoms with Crippen LogP contribution in [0.2, 0.25) is 0 Å². The highest BCUT2D eigenvalue weighted by Crippen LogP contribution is 2.19. The van der Waals surface area contributed by atoms with Crippen molar-refractivity contribution in [2.24, 2.45) is 0 Å². The molecule has 0 spiro atoms. The van der Waals surface area contributed by atoms with E-state index in [4.69, 9.17) is 4.74 Å². The molecule has 144 valence electrons. The first-order valence-electron chi connectivity index (χ1n) is 9.34. The van der Waals surface area contributed by atoms with Gasteiger partial charge in [0.2, 0.25) is 0 Å². The van der Waals surface area contributed by atoms with Crippen molar-refractivity contribution in [1.29, 1.82) is 0 Å². The van der Waals surface area contributed by atoms with Gasteiger partial charge in [-0.05, 0) is 37.6 Å². The molecule has 26 heavy (non-hydrogen) atoms. The molecule has 1 aliphatic heterocycles. The van der Waals surface area contributed by atoms with Crippen LogP contribution in [0.4, 0.5) is 11.4 Å². The van der Waals surface area contributed by atoms with Gasteiger partial charge in [-0.3, -0.25) is 9.59 Å². The Hall–Kier alpha value is -2.12. The number of nitrogens with one attached hydrogen (secondary N) is 3. The Kier molecular flexibility index (Phi) is 7.87. The van der Waals surface area contributed by atoms with Gasteiger partial charge in [0.1, 0.15) is 0 Å². The molecule has 0 radical (unpaired) electrons. The van der Waals surface area contributed by atoms with E-state index in [9.17, 15) is 9.59 Å². The van der Waals surface area contributed by atoms with Crippen LogP contribution in [0.15, 0.2) is 24.3 Å². The number of anilines is 2. The molecule has 1 fully saturated rings. The molecule has 1 aromatic carbocycles. The van der Waals surface area contributed by atoms with Crippen LogP contribution < -0.4 is 20.4 Å². The van der Waals surface area contributed by atoms with Crippen molar-refractivity contribution < 1.29 is 19.2 Å². The topological polar surface area (TPSA) is 75.1 Å². The number of carbonyl (C=O) groups is 2. The molecule has 0 aliphatic carbocycles. The van der Waals surface area contributed by atoms with Gasteiger partial charge in [-0.2, -0.15) is 0 Å². The summed E-state index contributed by atoms with van der Waals surface area (Å²) in [6, 6.07) is 7.54. The molecule has 1 aliphatic rings. The van der Waals surface area contributed by atoms with Crippen LogP contribution in [-0.4, -0.2) is 64.3 Å². The molecule has 7 nitrogen and oxygen atoms in total. The fourth-order valence-corrected chi connectivity index (χ4v) is 2.78. The summed E-state index contributed by atoms with van der Waals surface area (Å²) in [5, 5.41) is 5.77. The van der Waals surface area contributed by atoms with Gasteiger partial charge >= 0.3 is 0 Å². The van der Waals surface area contributed by atoms with E-state index in [1.165, 1.54) is 0 Å². The Morgan fingerprint density at radius 1 is 1.23 bits per heavy atom. The summed E-state index contributed by atoms with van der Waals surface area (Å²) in [7, 11) is 1.86. The second-order valence-electron chi connectivity index (χ2n) is 6.73.